The van der Waals surface area contributed by atoms with Gasteiger partial charge >= 0.3 is 0 Å². The van der Waals surface area contributed by atoms with Gasteiger partial charge in [0, 0.05) is 19.5 Å². The predicted molar refractivity (Wildman–Crippen MR) is 109 cm³/mol. The molecule has 2 aromatic heterocycles. The second-order valence-electron chi connectivity index (χ2n) is 5.95. The normalized spacial score (nSPS) is 13.0. The quantitative estimate of drug-likeness (QED) is 0.290. The number of Topliss-reactive ketones (excluding diaryl/α,β-unsaturated/α-hetero) is 1. The van der Waals surface area contributed by atoms with Crippen LogP contribution in [0.1, 0.15) is 0 Å². The van der Waals surface area contributed by atoms with Crippen LogP contribution in [0.5, 0.6) is 0 Å². The minimum atomic E-state index is -0.217. The Hall–Kier alpha value is -2.89. The van der Waals surface area contributed by atoms with Crippen LogP contribution in [-0.2, 0) is 4.79 Å². The molecule has 6 nitrogen and oxygen atoms in total. The highest BCUT2D eigenvalue weighted by Crippen LogP contribution is 2.40. The van der Waals surface area contributed by atoms with Crippen LogP contribution in [0.15, 0.2) is 58.5 Å². The fraction of sp³-hybridized carbons (Fsp3) is 0.158. The van der Waals surface area contributed by atoms with E-state index in [4.69, 9.17) is 0 Å². The molecule has 1 aliphatic rings. The van der Waals surface area contributed by atoms with Gasteiger partial charge in [0.25, 0.3) is 0 Å². The van der Waals surface area contributed by atoms with E-state index in [9.17, 15) is 10.1 Å². The van der Waals surface area contributed by atoms with Gasteiger partial charge in [0.05, 0.1) is 17.1 Å². The van der Waals surface area contributed by atoms with Crippen LogP contribution in [0.4, 0.5) is 11.4 Å². The second kappa shape index (κ2) is 7.02. The van der Waals surface area contributed by atoms with E-state index in [1.165, 1.54) is 29.4 Å². The summed E-state index contributed by atoms with van der Waals surface area (Å²) in [6.45, 7) is 0. The number of ketones is 1. The van der Waals surface area contributed by atoms with Crippen LogP contribution >= 0.6 is 23.1 Å². The molecular formula is C19H15N5OS2. The van der Waals surface area contributed by atoms with Crippen molar-refractivity contribution in [2.24, 2.45) is 0 Å². The average Bonchev–Trinajstić information content (AvgIpc) is 3.26. The number of allylic oxidation sites excluding steroid dienone is 1. The number of hydrogen-bond donors (Lipinski definition) is 0. The standard InChI is InChI=1S/C19H15N5OS2/c1-23-14-5-3-4-6-15(14)24(2)19(23)13(9-20)16(25)10-27-18-12-7-8-26-17(12)21-11-22-18/h3-8,11H,10H2,1-2H3. The Morgan fingerprint density at radius 2 is 1.89 bits per heavy atom. The first kappa shape index (κ1) is 17.5. The summed E-state index contributed by atoms with van der Waals surface area (Å²) in [6, 6.07) is 11.9. The number of thiophene rings is 1. The van der Waals surface area contributed by atoms with Crippen molar-refractivity contribution in [1.82, 2.24) is 9.97 Å². The van der Waals surface area contributed by atoms with Crippen molar-refractivity contribution in [3.8, 4) is 6.07 Å². The topological polar surface area (TPSA) is 73.1 Å². The number of anilines is 2. The van der Waals surface area contributed by atoms with Gasteiger partial charge in [0.15, 0.2) is 5.78 Å². The highest BCUT2D eigenvalue weighted by atomic mass is 32.2. The van der Waals surface area contributed by atoms with Gasteiger partial charge in [-0.3, -0.25) is 4.79 Å². The van der Waals surface area contributed by atoms with E-state index in [1.807, 2.05) is 59.6 Å². The number of nitriles is 1. The third-order valence-corrected chi connectivity index (χ3v) is 6.25. The lowest BCUT2D eigenvalue weighted by molar-refractivity contribution is -0.112. The molecule has 1 aliphatic heterocycles. The third kappa shape index (κ3) is 2.95. The number of nitrogens with zero attached hydrogens (tertiary/aromatic N) is 5. The summed E-state index contributed by atoms with van der Waals surface area (Å²) in [6.07, 6.45) is 1.50. The molecule has 0 amide bonds. The van der Waals surface area contributed by atoms with Gasteiger partial charge in [-0.25, -0.2) is 9.97 Å². The van der Waals surface area contributed by atoms with Crippen molar-refractivity contribution < 1.29 is 4.79 Å². The summed E-state index contributed by atoms with van der Waals surface area (Å²) in [5.74, 6) is 0.533. The Labute approximate surface area is 164 Å². The smallest absolute Gasteiger partial charge is 0.187 e. The highest BCUT2D eigenvalue weighted by Gasteiger charge is 2.31. The van der Waals surface area contributed by atoms with Gasteiger partial charge in [-0.2, -0.15) is 5.26 Å². The number of para-hydroxylation sites is 2. The number of fused-ring (bicyclic) bond motifs is 2. The molecule has 0 atom stereocenters. The van der Waals surface area contributed by atoms with Crippen LogP contribution in [0, 0.1) is 11.3 Å². The van der Waals surface area contributed by atoms with Gasteiger partial charge in [-0.1, -0.05) is 23.9 Å². The SMILES string of the molecule is CN1C(=C(C#N)C(=O)CSc2ncnc3sccc23)N(C)c2ccccc21. The summed E-state index contributed by atoms with van der Waals surface area (Å²) >= 11 is 2.87. The van der Waals surface area contributed by atoms with Crippen molar-refractivity contribution in [2.45, 2.75) is 5.03 Å². The number of carbonyl (C=O) groups is 1. The van der Waals surface area contributed by atoms with Crippen molar-refractivity contribution in [2.75, 3.05) is 29.6 Å². The summed E-state index contributed by atoms with van der Waals surface area (Å²) in [5.41, 5.74) is 2.09. The maximum atomic E-state index is 12.9. The van der Waals surface area contributed by atoms with E-state index in [0.29, 0.717) is 5.82 Å². The van der Waals surface area contributed by atoms with Gasteiger partial charge in [-0.05, 0) is 23.6 Å². The fourth-order valence-electron chi connectivity index (χ4n) is 3.15. The van der Waals surface area contributed by atoms with Crippen molar-refractivity contribution in [3.63, 3.8) is 0 Å². The van der Waals surface area contributed by atoms with Crippen LogP contribution < -0.4 is 9.80 Å². The van der Waals surface area contributed by atoms with E-state index in [2.05, 4.69) is 16.0 Å². The average molecular weight is 393 g/mol. The molecule has 3 heterocycles. The molecule has 0 saturated carbocycles. The molecule has 0 aliphatic carbocycles. The highest BCUT2D eigenvalue weighted by molar-refractivity contribution is 8.00. The van der Waals surface area contributed by atoms with Crippen molar-refractivity contribution >= 4 is 50.5 Å². The van der Waals surface area contributed by atoms with E-state index in [-0.39, 0.29) is 17.1 Å². The number of hydrogen-bond acceptors (Lipinski definition) is 8. The molecule has 3 aromatic rings. The molecule has 0 radical (unpaired) electrons. The predicted octanol–water partition coefficient (Wildman–Crippen LogP) is 3.67. The zero-order valence-corrected chi connectivity index (χ0v) is 16.3. The van der Waals surface area contributed by atoms with Gasteiger partial charge < -0.3 is 9.80 Å². The van der Waals surface area contributed by atoms with Gasteiger partial charge in [0.2, 0.25) is 0 Å². The lowest BCUT2D eigenvalue weighted by Crippen LogP contribution is -2.26. The first-order valence-corrected chi connectivity index (χ1v) is 10.0. The van der Waals surface area contributed by atoms with Crippen LogP contribution in [-0.4, -0.2) is 35.6 Å². The summed E-state index contributed by atoms with van der Waals surface area (Å²) in [7, 11) is 3.74. The number of rotatable bonds is 4. The van der Waals surface area contributed by atoms with E-state index in [0.717, 1.165) is 26.6 Å². The second-order valence-corrected chi connectivity index (χ2v) is 7.81. The fourth-order valence-corrected chi connectivity index (χ4v) is 4.80. The first-order chi connectivity index (χ1) is 13.1. The van der Waals surface area contributed by atoms with Crippen LogP contribution in [0.25, 0.3) is 10.2 Å². The number of benzene rings is 1. The minimum Gasteiger partial charge on any atom is -0.328 e. The summed E-state index contributed by atoms with van der Waals surface area (Å²) in [5, 5.41) is 13.3. The number of carbonyl (C=O) groups excluding carboxylic acids is 1. The Balaban J connectivity index is 1.62. The largest absolute Gasteiger partial charge is 0.328 e. The molecule has 0 fully saturated rings. The number of thioether (sulfide) groups is 1. The zero-order valence-electron chi connectivity index (χ0n) is 14.7. The molecule has 0 spiro atoms. The summed E-state index contributed by atoms with van der Waals surface area (Å²) < 4.78 is 0. The third-order valence-electron chi connectivity index (χ3n) is 4.42. The lowest BCUT2D eigenvalue weighted by Gasteiger charge is -2.19. The maximum absolute atomic E-state index is 12.9. The summed E-state index contributed by atoms with van der Waals surface area (Å²) in [4.78, 5) is 26.0. The monoisotopic (exact) mass is 393 g/mol. The molecule has 27 heavy (non-hydrogen) atoms. The van der Waals surface area contributed by atoms with Crippen molar-refractivity contribution in [3.05, 3.63) is 53.4 Å². The maximum Gasteiger partial charge on any atom is 0.187 e. The Kier molecular flexibility index (Phi) is 4.56. The van der Waals surface area contributed by atoms with E-state index >= 15 is 0 Å². The molecule has 1 aromatic carbocycles. The zero-order chi connectivity index (χ0) is 19.0. The molecule has 0 bridgehead atoms. The van der Waals surface area contributed by atoms with Gasteiger partial charge in [0.1, 0.15) is 33.6 Å². The van der Waals surface area contributed by atoms with Gasteiger partial charge in [-0.15, -0.1) is 11.3 Å². The van der Waals surface area contributed by atoms with Crippen LogP contribution in [0.2, 0.25) is 0 Å². The molecule has 0 saturated heterocycles. The lowest BCUT2D eigenvalue weighted by atomic mass is 10.2. The molecular weight excluding hydrogens is 378 g/mol. The van der Waals surface area contributed by atoms with E-state index < -0.39 is 0 Å². The van der Waals surface area contributed by atoms with Crippen LogP contribution in [0.3, 0.4) is 0 Å². The van der Waals surface area contributed by atoms with Crippen molar-refractivity contribution in [1.29, 1.82) is 5.26 Å². The molecule has 8 heteroatoms. The van der Waals surface area contributed by atoms with E-state index in [1.54, 1.807) is 0 Å². The Bertz CT molecular complexity index is 1080. The first-order valence-electron chi connectivity index (χ1n) is 8.17. The molecule has 134 valence electrons. The Morgan fingerprint density at radius 1 is 1.19 bits per heavy atom. The molecule has 4 rings (SSSR count). The Morgan fingerprint density at radius 3 is 2.56 bits per heavy atom. The number of aromatic nitrogens is 2. The molecule has 0 unspecified atom stereocenters. The molecule has 0 N–H and O–H groups in total. The minimum absolute atomic E-state index is 0.145.